The molecular formula is C26H29N7O2S. The topological polar surface area (TPSA) is 121 Å². The number of hydrogen-bond donors (Lipinski definition) is 2. The van der Waals surface area contributed by atoms with Crippen LogP contribution in [0.15, 0.2) is 74.0 Å². The minimum atomic E-state index is -0.306. The van der Waals surface area contributed by atoms with Crippen LogP contribution in [-0.4, -0.2) is 27.9 Å². The summed E-state index contributed by atoms with van der Waals surface area (Å²) in [6, 6.07) is 15.7. The summed E-state index contributed by atoms with van der Waals surface area (Å²) in [5.41, 5.74) is 11.0. The molecule has 186 valence electrons. The van der Waals surface area contributed by atoms with Crippen molar-refractivity contribution in [1.29, 1.82) is 5.53 Å². The number of H-pyrrole nitrogens is 1. The fraction of sp³-hybridized carbons (Fsp3) is 0.308. The molecule has 0 amide bonds. The van der Waals surface area contributed by atoms with Crippen molar-refractivity contribution >= 4 is 22.7 Å². The van der Waals surface area contributed by atoms with Gasteiger partial charge in [0, 0.05) is 10.9 Å². The van der Waals surface area contributed by atoms with Crippen molar-refractivity contribution in [3.8, 4) is 22.1 Å². The first-order chi connectivity index (χ1) is 17.6. The number of azo groups is 1. The monoisotopic (exact) mass is 503 g/mol. The van der Waals surface area contributed by atoms with Crippen LogP contribution in [0.3, 0.4) is 0 Å². The van der Waals surface area contributed by atoms with E-state index in [1.165, 1.54) is 21.6 Å². The van der Waals surface area contributed by atoms with E-state index >= 15 is 0 Å². The van der Waals surface area contributed by atoms with E-state index in [4.69, 9.17) is 10.3 Å². The molecule has 4 aromatic rings. The van der Waals surface area contributed by atoms with Crippen LogP contribution >= 0.6 is 11.3 Å². The minimum Gasteiger partial charge on any atom is -0.492 e. The van der Waals surface area contributed by atoms with Crippen molar-refractivity contribution in [2.45, 2.75) is 39.5 Å². The number of unbranched alkanes of at least 4 members (excludes halogenated alkanes) is 2. The van der Waals surface area contributed by atoms with Crippen LogP contribution in [0.2, 0.25) is 0 Å². The van der Waals surface area contributed by atoms with Gasteiger partial charge in [0.05, 0.1) is 24.5 Å². The predicted octanol–water partition coefficient (Wildman–Crippen LogP) is 7.16. The van der Waals surface area contributed by atoms with Gasteiger partial charge in [0.15, 0.2) is 5.69 Å². The van der Waals surface area contributed by atoms with Crippen LogP contribution in [0.25, 0.3) is 16.4 Å². The average molecular weight is 504 g/mol. The molecule has 9 nitrogen and oxygen atoms in total. The quantitative estimate of drug-likeness (QED) is 0.158. The summed E-state index contributed by atoms with van der Waals surface area (Å²) in [4.78, 5) is 17.8. The summed E-state index contributed by atoms with van der Waals surface area (Å²) in [5.74, 6) is 0.618. The van der Waals surface area contributed by atoms with E-state index in [1.54, 1.807) is 13.0 Å². The number of nitrogens with zero attached hydrogens (tertiary/aromatic N) is 5. The van der Waals surface area contributed by atoms with E-state index in [2.05, 4.69) is 49.7 Å². The molecule has 0 aliphatic heterocycles. The van der Waals surface area contributed by atoms with E-state index in [1.807, 2.05) is 30.5 Å². The van der Waals surface area contributed by atoms with Crippen molar-refractivity contribution < 1.29 is 4.74 Å². The molecule has 0 atom stereocenters. The Kier molecular flexibility index (Phi) is 8.51. The molecule has 4 rings (SSSR count). The Morgan fingerprint density at radius 2 is 1.89 bits per heavy atom. The Balaban J connectivity index is 1.48. The molecule has 2 aromatic heterocycles. The van der Waals surface area contributed by atoms with Gasteiger partial charge in [-0.2, -0.15) is 9.80 Å². The van der Waals surface area contributed by atoms with Crippen molar-refractivity contribution in [3.63, 3.8) is 0 Å². The molecule has 0 fully saturated rings. The first kappa shape index (κ1) is 25.2. The largest absolute Gasteiger partial charge is 0.492 e. The lowest BCUT2D eigenvalue weighted by Gasteiger charge is -2.04. The van der Waals surface area contributed by atoms with Gasteiger partial charge in [-0.25, -0.2) is 10.5 Å². The summed E-state index contributed by atoms with van der Waals surface area (Å²) in [7, 11) is 0. The molecule has 10 heteroatoms. The van der Waals surface area contributed by atoms with E-state index in [9.17, 15) is 4.79 Å². The third-order valence-electron chi connectivity index (χ3n) is 5.63. The second-order valence-electron chi connectivity index (χ2n) is 8.23. The van der Waals surface area contributed by atoms with Gasteiger partial charge in [-0.1, -0.05) is 42.8 Å². The molecule has 0 aliphatic carbocycles. The number of aryl methyl sites for hydroxylation is 2. The highest BCUT2D eigenvalue weighted by Gasteiger charge is 2.16. The molecule has 36 heavy (non-hydrogen) atoms. The fourth-order valence-electron chi connectivity index (χ4n) is 3.75. The van der Waals surface area contributed by atoms with Crippen LogP contribution in [0.5, 0.6) is 5.75 Å². The Labute approximate surface area is 213 Å². The SMILES string of the molecule is CCOc1ccccc1N=Nc1c(C)[nH]n(-c2nc(-c3ccc(CCCCCN=N)cc3)cs2)c1=O. The number of aromatic nitrogens is 3. The normalized spacial score (nSPS) is 11.3. The number of thiazole rings is 1. The molecule has 0 aliphatic rings. The highest BCUT2D eigenvalue weighted by Crippen LogP contribution is 2.29. The maximum atomic E-state index is 13.1. The number of para-hydroxylation sites is 1. The van der Waals surface area contributed by atoms with Crippen LogP contribution in [0, 0.1) is 12.5 Å². The maximum absolute atomic E-state index is 13.1. The Bertz CT molecular complexity index is 1390. The smallest absolute Gasteiger partial charge is 0.301 e. The highest BCUT2D eigenvalue weighted by molar-refractivity contribution is 7.12. The third-order valence-corrected chi connectivity index (χ3v) is 6.46. The van der Waals surface area contributed by atoms with E-state index < -0.39 is 0 Å². The van der Waals surface area contributed by atoms with Crippen LogP contribution in [0.4, 0.5) is 11.4 Å². The first-order valence-corrected chi connectivity index (χ1v) is 12.8. The van der Waals surface area contributed by atoms with Crippen molar-refractivity contribution in [3.05, 3.63) is 75.5 Å². The minimum absolute atomic E-state index is 0.235. The predicted molar refractivity (Wildman–Crippen MR) is 142 cm³/mol. The number of nitrogens with one attached hydrogen (secondary N) is 2. The molecule has 0 bridgehead atoms. The van der Waals surface area contributed by atoms with Gasteiger partial charge in [0.1, 0.15) is 11.4 Å². The van der Waals surface area contributed by atoms with Gasteiger partial charge in [-0.05, 0) is 50.8 Å². The van der Waals surface area contributed by atoms with Gasteiger partial charge in [-0.3, -0.25) is 9.89 Å². The maximum Gasteiger partial charge on any atom is 0.301 e. The van der Waals surface area contributed by atoms with Gasteiger partial charge in [-0.15, -0.1) is 21.6 Å². The van der Waals surface area contributed by atoms with E-state index in [0.29, 0.717) is 35.4 Å². The molecule has 0 saturated carbocycles. The molecule has 0 saturated heterocycles. The summed E-state index contributed by atoms with van der Waals surface area (Å²) in [6.07, 6.45) is 4.13. The fourth-order valence-corrected chi connectivity index (χ4v) is 4.54. The molecule has 2 heterocycles. The molecular weight excluding hydrogens is 474 g/mol. The molecule has 0 spiro atoms. The lowest BCUT2D eigenvalue weighted by Crippen LogP contribution is -2.13. The molecule has 0 unspecified atom stereocenters. The number of benzene rings is 2. The summed E-state index contributed by atoms with van der Waals surface area (Å²) < 4.78 is 6.99. The zero-order valence-electron chi connectivity index (χ0n) is 20.4. The Morgan fingerprint density at radius 3 is 2.67 bits per heavy atom. The number of hydrogen-bond acceptors (Lipinski definition) is 8. The van der Waals surface area contributed by atoms with E-state index in [0.717, 1.165) is 36.9 Å². The van der Waals surface area contributed by atoms with Crippen molar-refractivity contribution in [2.24, 2.45) is 15.3 Å². The second kappa shape index (κ2) is 12.2. The van der Waals surface area contributed by atoms with Crippen LogP contribution < -0.4 is 10.3 Å². The number of aromatic amines is 1. The van der Waals surface area contributed by atoms with E-state index in [-0.39, 0.29) is 11.2 Å². The van der Waals surface area contributed by atoms with Crippen molar-refractivity contribution in [1.82, 2.24) is 14.8 Å². The molecule has 0 radical (unpaired) electrons. The summed E-state index contributed by atoms with van der Waals surface area (Å²) in [6.45, 7) is 4.82. The van der Waals surface area contributed by atoms with Gasteiger partial charge >= 0.3 is 5.56 Å². The van der Waals surface area contributed by atoms with Gasteiger partial charge in [0.25, 0.3) is 0 Å². The molecule has 2 N–H and O–H groups in total. The van der Waals surface area contributed by atoms with Crippen molar-refractivity contribution in [2.75, 3.05) is 13.2 Å². The van der Waals surface area contributed by atoms with Crippen LogP contribution in [0.1, 0.15) is 37.4 Å². The standard InChI is InChI=1S/C26H29N7O2S/c1-3-35-23-11-7-6-10-21(23)30-31-24-18(2)32-33(25(24)34)26-29-22(17-36-26)20-14-12-19(13-15-20)9-5-4-8-16-28-27/h6-7,10-15,17,27,32H,3-5,8-9,16H2,1-2H3. The first-order valence-electron chi connectivity index (χ1n) is 11.9. The Morgan fingerprint density at radius 1 is 1.08 bits per heavy atom. The second-order valence-corrected chi connectivity index (χ2v) is 9.07. The number of ether oxygens (including phenoxy) is 1. The number of rotatable bonds is 12. The highest BCUT2D eigenvalue weighted by atomic mass is 32.1. The van der Waals surface area contributed by atoms with Crippen LogP contribution in [-0.2, 0) is 6.42 Å². The molecule has 2 aromatic carbocycles. The zero-order valence-corrected chi connectivity index (χ0v) is 21.2. The lowest BCUT2D eigenvalue weighted by molar-refractivity contribution is 0.341. The van der Waals surface area contributed by atoms with Gasteiger partial charge < -0.3 is 4.74 Å². The third kappa shape index (κ3) is 6.01. The summed E-state index contributed by atoms with van der Waals surface area (Å²) >= 11 is 1.39. The zero-order chi connectivity index (χ0) is 25.3. The average Bonchev–Trinajstić information content (AvgIpc) is 3.48. The van der Waals surface area contributed by atoms with Gasteiger partial charge in [0.2, 0.25) is 5.13 Å². The lowest BCUT2D eigenvalue weighted by atomic mass is 10.0. The summed E-state index contributed by atoms with van der Waals surface area (Å²) in [5, 5.41) is 17.4. The Hall–Kier alpha value is -3.92.